The molecule has 1 aliphatic carbocycles. The maximum absolute atomic E-state index is 14.3. The summed E-state index contributed by atoms with van der Waals surface area (Å²) < 4.78 is 34.5. The van der Waals surface area contributed by atoms with Crippen molar-refractivity contribution in [2.75, 3.05) is 6.54 Å². The van der Waals surface area contributed by atoms with Gasteiger partial charge in [-0.1, -0.05) is 39.8 Å². The number of rotatable bonds is 8. The summed E-state index contributed by atoms with van der Waals surface area (Å²) in [4.78, 5) is 16.5. The lowest BCUT2D eigenvalue weighted by atomic mass is 9.67. The number of aliphatic hydroxyl groups excluding tert-OH is 1. The number of carbonyl (C=O) groups excluding carboxylic acids is 1. The van der Waals surface area contributed by atoms with Crippen molar-refractivity contribution in [2.24, 2.45) is 11.3 Å². The molecule has 37 heavy (non-hydrogen) atoms. The molecule has 1 amide bonds. The Morgan fingerprint density at radius 1 is 1.27 bits per heavy atom. The van der Waals surface area contributed by atoms with Crippen LogP contribution in [0.5, 0.6) is 5.88 Å². The average Bonchev–Trinajstić information content (AvgIpc) is 2.78. The molecule has 0 radical (unpaired) electrons. The highest BCUT2D eigenvalue weighted by atomic mass is 19.2. The van der Waals surface area contributed by atoms with E-state index in [2.05, 4.69) is 49.4 Å². The van der Waals surface area contributed by atoms with Crippen molar-refractivity contribution in [1.29, 1.82) is 0 Å². The molecule has 2 aliphatic rings. The highest BCUT2D eigenvalue weighted by molar-refractivity contribution is 5.73. The van der Waals surface area contributed by atoms with Gasteiger partial charge in [-0.05, 0) is 60.3 Å². The molecule has 8 heteroatoms. The largest absolute Gasteiger partial charge is 0.471 e. The summed E-state index contributed by atoms with van der Waals surface area (Å²) in [6.45, 7) is 10.3. The van der Waals surface area contributed by atoms with Crippen LogP contribution in [0.1, 0.15) is 76.6 Å². The quantitative estimate of drug-likeness (QED) is 0.477. The van der Waals surface area contributed by atoms with Crippen molar-refractivity contribution >= 4 is 5.91 Å². The topological polar surface area (TPSA) is 83.5 Å². The van der Waals surface area contributed by atoms with Gasteiger partial charge in [-0.25, -0.2) is 13.8 Å². The smallest absolute Gasteiger partial charge is 0.218 e. The molecule has 1 aliphatic heterocycles. The summed E-state index contributed by atoms with van der Waals surface area (Å²) in [7, 11) is 0. The number of nitrogens with zero attached hydrogens (tertiary/aromatic N) is 1. The maximum atomic E-state index is 14.3. The highest BCUT2D eigenvalue weighted by Gasteiger charge is 2.49. The van der Waals surface area contributed by atoms with Crippen molar-refractivity contribution < 1.29 is 23.4 Å². The fourth-order valence-corrected chi connectivity index (χ4v) is 5.82. The van der Waals surface area contributed by atoms with E-state index in [9.17, 15) is 18.7 Å². The maximum Gasteiger partial charge on any atom is 0.218 e. The summed E-state index contributed by atoms with van der Waals surface area (Å²) in [5.41, 5.74) is 2.03. The Labute approximate surface area is 218 Å². The Hall–Kier alpha value is -2.58. The van der Waals surface area contributed by atoms with Crippen LogP contribution in [0.2, 0.25) is 0 Å². The molecule has 1 saturated carbocycles. The van der Waals surface area contributed by atoms with E-state index in [-0.39, 0.29) is 41.5 Å². The lowest BCUT2D eigenvalue weighted by Gasteiger charge is -2.50. The number of carbonyl (C=O) groups is 1. The SMILES string of the molecule is CC(=O)N[C@@H](Cc1cccc(F)c1F)[C@H](O)CN[C@H]1CC2(CC(C)C2)Oc2ncc(CC(C)(C)C)cc21. The van der Waals surface area contributed by atoms with Gasteiger partial charge >= 0.3 is 0 Å². The van der Waals surface area contributed by atoms with Gasteiger partial charge < -0.3 is 20.5 Å². The summed E-state index contributed by atoms with van der Waals surface area (Å²) in [5.74, 6) is -1.06. The summed E-state index contributed by atoms with van der Waals surface area (Å²) in [5, 5.41) is 17.3. The number of pyridine rings is 1. The molecular formula is C29H39F2N3O3. The first kappa shape index (κ1) is 27.5. The molecule has 0 unspecified atom stereocenters. The minimum Gasteiger partial charge on any atom is -0.471 e. The third-order valence-corrected chi connectivity index (χ3v) is 7.27. The van der Waals surface area contributed by atoms with Gasteiger partial charge in [-0.3, -0.25) is 4.79 Å². The lowest BCUT2D eigenvalue weighted by molar-refractivity contribution is -0.120. The average molecular weight is 516 g/mol. The van der Waals surface area contributed by atoms with Gasteiger partial charge in [-0.15, -0.1) is 0 Å². The Bertz CT molecular complexity index is 1130. The number of nitrogens with one attached hydrogen (secondary N) is 2. The number of fused-ring (bicyclic) bond motifs is 1. The fourth-order valence-electron chi connectivity index (χ4n) is 5.82. The first-order valence-corrected chi connectivity index (χ1v) is 13.1. The van der Waals surface area contributed by atoms with Crippen LogP contribution in [-0.2, 0) is 17.6 Å². The molecule has 1 aromatic heterocycles. The molecule has 0 bridgehead atoms. The van der Waals surface area contributed by atoms with Crippen LogP contribution >= 0.6 is 0 Å². The second-order valence-electron chi connectivity index (χ2n) is 12.2. The standard InChI is InChI=1S/C29H39F2N3O3/c1-17-11-29(12-17)14-24(21-9-19(13-28(3,4)5)15-33-27(21)37-29)32-16-25(36)23(34-18(2)35)10-20-7-6-8-22(30)26(20)31/h6-9,15,17,23-25,32,36H,10-14,16H2,1-5H3,(H,34,35)/t17?,23-,24-,25+,29?/m0/s1. The van der Waals surface area contributed by atoms with Crippen molar-refractivity contribution in [3.8, 4) is 5.88 Å². The summed E-state index contributed by atoms with van der Waals surface area (Å²) in [6.07, 6.45) is 4.35. The number of benzene rings is 1. The zero-order valence-electron chi connectivity index (χ0n) is 22.4. The molecule has 1 fully saturated rings. The van der Waals surface area contributed by atoms with Gasteiger partial charge in [-0.2, -0.15) is 0 Å². The first-order chi connectivity index (χ1) is 17.3. The Balaban J connectivity index is 1.53. The molecule has 4 rings (SSSR count). The number of amides is 1. The number of aromatic nitrogens is 1. The number of halogens is 2. The van der Waals surface area contributed by atoms with E-state index in [0.29, 0.717) is 11.8 Å². The molecule has 3 N–H and O–H groups in total. The molecule has 1 aromatic carbocycles. The molecule has 2 aromatic rings. The molecule has 3 atom stereocenters. The van der Waals surface area contributed by atoms with Crippen molar-refractivity contribution in [2.45, 2.75) is 90.5 Å². The molecular weight excluding hydrogens is 476 g/mol. The van der Waals surface area contributed by atoms with Crippen LogP contribution < -0.4 is 15.4 Å². The monoisotopic (exact) mass is 515 g/mol. The lowest BCUT2D eigenvalue weighted by Crippen LogP contribution is -2.54. The number of ether oxygens (including phenoxy) is 1. The molecule has 1 spiro atoms. The predicted molar refractivity (Wildman–Crippen MR) is 138 cm³/mol. The summed E-state index contributed by atoms with van der Waals surface area (Å²) >= 11 is 0. The van der Waals surface area contributed by atoms with Crippen LogP contribution in [0.4, 0.5) is 8.78 Å². The minimum absolute atomic E-state index is 0.0326. The van der Waals surface area contributed by atoms with Crippen LogP contribution in [0.25, 0.3) is 0 Å². The van der Waals surface area contributed by atoms with Crippen molar-refractivity contribution in [1.82, 2.24) is 15.6 Å². The van der Waals surface area contributed by atoms with Crippen molar-refractivity contribution in [3.63, 3.8) is 0 Å². The number of aliphatic hydroxyl groups is 1. The van der Waals surface area contributed by atoms with Crippen molar-refractivity contribution in [3.05, 3.63) is 58.8 Å². The molecule has 0 saturated heterocycles. The number of hydrogen-bond acceptors (Lipinski definition) is 5. The normalized spacial score (nSPS) is 24.5. The Kier molecular flexibility index (Phi) is 7.91. The Morgan fingerprint density at radius 3 is 2.65 bits per heavy atom. The van der Waals surface area contributed by atoms with Crippen LogP contribution in [0.3, 0.4) is 0 Å². The van der Waals surface area contributed by atoms with Gasteiger partial charge in [0.15, 0.2) is 11.6 Å². The van der Waals surface area contributed by atoms with Gasteiger partial charge in [0.25, 0.3) is 0 Å². The zero-order chi connectivity index (χ0) is 27.0. The van der Waals surface area contributed by atoms with E-state index in [4.69, 9.17) is 4.74 Å². The van der Waals surface area contributed by atoms with E-state index in [0.717, 1.165) is 42.9 Å². The van der Waals surface area contributed by atoms with Crippen LogP contribution in [-0.4, -0.2) is 40.3 Å². The van der Waals surface area contributed by atoms with E-state index < -0.39 is 23.8 Å². The third-order valence-electron chi connectivity index (χ3n) is 7.27. The third kappa shape index (κ3) is 6.65. The van der Waals surface area contributed by atoms with Crippen LogP contribution in [0, 0.1) is 23.0 Å². The van der Waals surface area contributed by atoms with E-state index in [1.54, 1.807) is 0 Å². The van der Waals surface area contributed by atoms with Gasteiger partial charge in [0, 0.05) is 37.7 Å². The number of hydrogen-bond donors (Lipinski definition) is 3. The second-order valence-corrected chi connectivity index (χ2v) is 12.2. The highest BCUT2D eigenvalue weighted by Crippen LogP contribution is 2.50. The second kappa shape index (κ2) is 10.7. The Morgan fingerprint density at radius 2 is 2.00 bits per heavy atom. The van der Waals surface area contributed by atoms with Gasteiger partial charge in [0.2, 0.25) is 11.8 Å². The first-order valence-electron chi connectivity index (χ1n) is 13.1. The van der Waals surface area contributed by atoms with E-state index in [1.807, 2.05) is 6.20 Å². The predicted octanol–water partition coefficient (Wildman–Crippen LogP) is 4.64. The zero-order valence-corrected chi connectivity index (χ0v) is 22.4. The minimum atomic E-state index is -1.03. The van der Waals surface area contributed by atoms with Gasteiger partial charge in [0.05, 0.1) is 12.1 Å². The summed E-state index contributed by atoms with van der Waals surface area (Å²) in [6, 6.07) is 5.19. The molecule has 2 heterocycles. The van der Waals surface area contributed by atoms with E-state index in [1.165, 1.54) is 19.1 Å². The van der Waals surface area contributed by atoms with Crippen LogP contribution in [0.15, 0.2) is 30.5 Å². The molecule has 6 nitrogen and oxygen atoms in total. The molecule has 202 valence electrons. The van der Waals surface area contributed by atoms with Gasteiger partial charge in [0.1, 0.15) is 5.60 Å². The fraction of sp³-hybridized carbons (Fsp3) is 0.586. The van der Waals surface area contributed by atoms with E-state index >= 15 is 0 Å².